The average Bonchev–Trinajstić information content (AvgIpc) is 2.58. The molecule has 3 nitrogen and oxygen atoms in total. The van der Waals surface area contributed by atoms with Gasteiger partial charge >= 0.3 is 0 Å². The van der Waals surface area contributed by atoms with Gasteiger partial charge in [0.25, 0.3) is 5.19 Å². The molecule has 0 aliphatic carbocycles. The highest BCUT2D eigenvalue weighted by Crippen LogP contribution is 2.29. The number of rotatable bonds is 2. The molecule has 2 rings (SSSR count). The van der Waals surface area contributed by atoms with Gasteiger partial charge < -0.3 is 10.5 Å². The Bertz CT molecular complexity index is 484. The van der Waals surface area contributed by atoms with Gasteiger partial charge in [-0.2, -0.15) is 0 Å². The quantitative estimate of drug-likeness (QED) is 0.853. The monoisotopic (exact) mass is 224 g/mol. The lowest BCUT2D eigenvalue weighted by Crippen LogP contribution is -1.88. The number of benzene rings is 1. The molecule has 0 fully saturated rings. The van der Waals surface area contributed by atoms with E-state index in [4.69, 9.17) is 10.5 Å². The molecule has 0 aliphatic rings. The van der Waals surface area contributed by atoms with Crippen molar-refractivity contribution in [2.24, 2.45) is 0 Å². The maximum Gasteiger partial charge on any atom is 0.280 e. The van der Waals surface area contributed by atoms with Gasteiger partial charge in [0.2, 0.25) is 0 Å². The molecule has 2 aromatic rings. The molecule has 0 bridgehead atoms. The van der Waals surface area contributed by atoms with Crippen molar-refractivity contribution in [1.29, 1.82) is 0 Å². The van der Waals surface area contributed by atoms with Crippen LogP contribution in [0, 0.1) is 12.7 Å². The molecular formula is C10H9FN2OS. The summed E-state index contributed by atoms with van der Waals surface area (Å²) < 4.78 is 18.5. The predicted molar refractivity (Wildman–Crippen MR) is 57.7 cm³/mol. The van der Waals surface area contributed by atoms with E-state index in [1.807, 2.05) is 6.92 Å². The second-order valence-electron chi connectivity index (χ2n) is 3.06. The van der Waals surface area contributed by atoms with Gasteiger partial charge in [0.05, 0.1) is 6.20 Å². The Labute approximate surface area is 90.3 Å². The summed E-state index contributed by atoms with van der Waals surface area (Å²) in [5.41, 5.74) is 6.41. The van der Waals surface area contributed by atoms with E-state index in [0.29, 0.717) is 10.2 Å². The van der Waals surface area contributed by atoms with Crippen molar-refractivity contribution in [3.05, 3.63) is 35.8 Å². The largest absolute Gasteiger partial charge is 0.428 e. The fraction of sp³-hybridized carbons (Fsp3) is 0.100. The highest BCUT2D eigenvalue weighted by Gasteiger charge is 2.07. The number of aryl methyl sites for hydroxylation is 1. The molecule has 1 heterocycles. The Morgan fingerprint density at radius 2 is 2.27 bits per heavy atom. The van der Waals surface area contributed by atoms with Crippen molar-refractivity contribution < 1.29 is 9.13 Å². The third kappa shape index (κ3) is 2.24. The highest BCUT2D eigenvalue weighted by molar-refractivity contribution is 7.17. The highest BCUT2D eigenvalue weighted by atomic mass is 32.1. The van der Waals surface area contributed by atoms with Crippen molar-refractivity contribution in [2.75, 3.05) is 5.73 Å². The minimum absolute atomic E-state index is 0.171. The summed E-state index contributed by atoms with van der Waals surface area (Å²) in [7, 11) is 0. The molecule has 78 valence electrons. The number of hydrogen-bond acceptors (Lipinski definition) is 4. The smallest absolute Gasteiger partial charge is 0.280 e. The lowest BCUT2D eigenvalue weighted by atomic mass is 10.2. The molecule has 2 N–H and O–H groups in total. The van der Waals surface area contributed by atoms with Crippen molar-refractivity contribution in [3.63, 3.8) is 0 Å². The van der Waals surface area contributed by atoms with Gasteiger partial charge in [0, 0.05) is 0 Å². The topological polar surface area (TPSA) is 48.1 Å². The Hall–Kier alpha value is -1.62. The molecule has 5 heteroatoms. The molecule has 15 heavy (non-hydrogen) atoms. The number of hydrogen-bond donors (Lipinski definition) is 1. The maximum atomic E-state index is 13.3. The minimum Gasteiger partial charge on any atom is -0.428 e. The lowest BCUT2D eigenvalue weighted by Gasteiger charge is -2.03. The van der Waals surface area contributed by atoms with Crippen LogP contribution in [-0.2, 0) is 0 Å². The second-order valence-corrected chi connectivity index (χ2v) is 4.09. The molecule has 0 atom stereocenters. The van der Waals surface area contributed by atoms with Gasteiger partial charge in [0.15, 0.2) is 11.6 Å². The predicted octanol–water partition coefficient (Wildman–Crippen LogP) is 2.97. The average molecular weight is 224 g/mol. The van der Waals surface area contributed by atoms with Crippen molar-refractivity contribution in [2.45, 2.75) is 6.92 Å². The van der Waals surface area contributed by atoms with Crippen LogP contribution in [0.4, 0.5) is 9.39 Å². The number of anilines is 1. The van der Waals surface area contributed by atoms with Gasteiger partial charge in [-0.15, -0.1) is 0 Å². The molecule has 1 aromatic heterocycles. The van der Waals surface area contributed by atoms with Crippen LogP contribution in [0.1, 0.15) is 5.56 Å². The van der Waals surface area contributed by atoms with E-state index in [1.165, 1.54) is 23.6 Å². The Morgan fingerprint density at radius 1 is 1.47 bits per heavy atom. The van der Waals surface area contributed by atoms with Gasteiger partial charge in [-0.3, -0.25) is 0 Å². The fourth-order valence-corrected chi connectivity index (χ4v) is 1.64. The zero-order valence-corrected chi connectivity index (χ0v) is 8.84. The van der Waals surface area contributed by atoms with E-state index in [9.17, 15) is 4.39 Å². The van der Waals surface area contributed by atoms with E-state index in [-0.39, 0.29) is 5.75 Å². The molecule has 0 radical (unpaired) electrons. The fourth-order valence-electron chi connectivity index (χ4n) is 1.10. The van der Waals surface area contributed by atoms with Crippen LogP contribution in [0.3, 0.4) is 0 Å². The molecule has 0 saturated heterocycles. The van der Waals surface area contributed by atoms with Crippen LogP contribution < -0.4 is 10.5 Å². The van der Waals surface area contributed by atoms with Gasteiger partial charge in [0.1, 0.15) is 5.00 Å². The van der Waals surface area contributed by atoms with E-state index in [2.05, 4.69) is 4.98 Å². The first-order valence-corrected chi connectivity index (χ1v) is 5.12. The number of halogens is 1. The Balaban J connectivity index is 2.27. The lowest BCUT2D eigenvalue weighted by molar-refractivity contribution is 0.439. The van der Waals surface area contributed by atoms with E-state index >= 15 is 0 Å². The summed E-state index contributed by atoms with van der Waals surface area (Å²) in [5.74, 6) is -0.237. The van der Waals surface area contributed by atoms with E-state index in [1.54, 1.807) is 12.1 Å². The zero-order valence-electron chi connectivity index (χ0n) is 8.03. The summed E-state index contributed by atoms with van der Waals surface area (Å²) in [6, 6.07) is 4.66. The van der Waals surface area contributed by atoms with Crippen molar-refractivity contribution in [3.8, 4) is 10.9 Å². The first kappa shape index (κ1) is 9.92. The first-order chi connectivity index (χ1) is 7.15. The number of aromatic nitrogens is 1. The van der Waals surface area contributed by atoms with E-state index in [0.717, 1.165) is 5.56 Å². The number of thiazole rings is 1. The number of nitrogens with zero attached hydrogens (tertiary/aromatic N) is 1. The Morgan fingerprint density at radius 3 is 2.93 bits per heavy atom. The zero-order chi connectivity index (χ0) is 10.8. The van der Waals surface area contributed by atoms with Crippen LogP contribution in [0.5, 0.6) is 10.9 Å². The standard InChI is InChI=1S/C10H9FN2OS/c1-6-2-3-7(11)8(4-6)14-10-13-5-9(12)15-10/h2-5H,12H2,1H3. The van der Waals surface area contributed by atoms with Crippen LogP contribution >= 0.6 is 11.3 Å². The van der Waals surface area contributed by atoms with Crippen LogP contribution in [0.2, 0.25) is 0 Å². The van der Waals surface area contributed by atoms with Gasteiger partial charge in [-0.05, 0) is 24.6 Å². The van der Waals surface area contributed by atoms with Gasteiger partial charge in [-0.1, -0.05) is 17.4 Å². The summed E-state index contributed by atoms with van der Waals surface area (Å²) >= 11 is 1.17. The molecule has 0 aliphatic heterocycles. The van der Waals surface area contributed by atoms with Crippen LogP contribution in [-0.4, -0.2) is 4.98 Å². The molecule has 0 saturated carbocycles. The van der Waals surface area contributed by atoms with Gasteiger partial charge in [-0.25, -0.2) is 9.37 Å². The normalized spacial score (nSPS) is 10.3. The molecular weight excluding hydrogens is 215 g/mol. The number of ether oxygens (including phenoxy) is 1. The summed E-state index contributed by atoms with van der Waals surface area (Å²) in [5, 5.41) is 0.884. The third-order valence-electron chi connectivity index (χ3n) is 1.79. The Kier molecular flexibility index (Phi) is 2.55. The molecule has 0 unspecified atom stereocenters. The number of nitrogens with two attached hydrogens (primary N) is 1. The third-order valence-corrected chi connectivity index (χ3v) is 2.49. The van der Waals surface area contributed by atoms with Crippen molar-refractivity contribution >= 4 is 16.3 Å². The summed E-state index contributed by atoms with van der Waals surface area (Å²) in [6.45, 7) is 1.86. The van der Waals surface area contributed by atoms with Crippen molar-refractivity contribution in [1.82, 2.24) is 4.98 Å². The number of nitrogen functional groups attached to an aromatic ring is 1. The second kappa shape index (κ2) is 3.86. The maximum absolute atomic E-state index is 13.3. The molecule has 0 spiro atoms. The van der Waals surface area contributed by atoms with E-state index < -0.39 is 5.82 Å². The van der Waals surface area contributed by atoms with Crippen LogP contribution in [0.15, 0.2) is 24.4 Å². The first-order valence-electron chi connectivity index (χ1n) is 4.30. The molecule has 1 aromatic carbocycles. The summed E-state index contributed by atoms with van der Waals surface area (Å²) in [4.78, 5) is 3.89. The van der Waals surface area contributed by atoms with Crippen LogP contribution in [0.25, 0.3) is 0 Å². The summed E-state index contributed by atoms with van der Waals surface area (Å²) in [6.07, 6.45) is 1.48. The SMILES string of the molecule is Cc1ccc(F)c(Oc2ncc(N)s2)c1. The minimum atomic E-state index is -0.408. The molecule has 0 amide bonds.